The Labute approximate surface area is 141 Å². The minimum atomic E-state index is -0.186. The number of hydrogen-bond donors (Lipinski definition) is 1. The van der Waals surface area contributed by atoms with E-state index in [0.717, 1.165) is 12.8 Å². The summed E-state index contributed by atoms with van der Waals surface area (Å²) in [5.41, 5.74) is 2.91. The van der Waals surface area contributed by atoms with E-state index in [1.807, 2.05) is 12.1 Å². The average molecular weight is 327 g/mol. The summed E-state index contributed by atoms with van der Waals surface area (Å²) in [6.07, 6.45) is 1.88. The Morgan fingerprint density at radius 3 is 2.38 bits per heavy atom. The quantitative estimate of drug-likeness (QED) is 0.917. The summed E-state index contributed by atoms with van der Waals surface area (Å²) in [7, 11) is 4.62. The Morgan fingerprint density at radius 2 is 1.67 bits per heavy atom. The highest BCUT2D eigenvalue weighted by Gasteiger charge is 2.25. The monoisotopic (exact) mass is 327 g/mol. The lowest BCUT2D eigenvalue weighted by Gasteiger charge is -2.17. The number of methoxy groups -OCH3 is 3. The van der Waals surface area contributed by atoms with Gasteiger partial charge in [-0.2, -0.15) is 0 Å². The molecule has 5 nitrogen and oxygen atoms in total. The molecule has 0 aliphatic heterocycles. The number of hydrogen-bond acceptors (Lipinski definition) is 4. The van der Waals surface area contributed by atoms with Crippen molar-refractivity contribution in [2.75, 3.05) is 21.3 Å². The van der Waals surface area contributed by atoms with Gasteiger partial charge in [0.15, 0.2) is 11.5 Å². The summed E-state index contributed by atoms with van der Waals surface area (Å²) in [4.78, 5) is 12.8. The number of amides is 1. The van der Waals surface area contributed by atoms with E-state index >= 15 is 0 Å². The predicted octanol–water partition coefficient (Wildman–Crippen LogP) is 3.13. The minimum Gasteiger partial charge on any atom is -0.496 e. The molecule has 3 rings (SSSR count). The normalized spacial score (nSPS) is 15.5. The molecule has 1 aliphatic carbocycles. The third kappa shape index (κ3) is 2.89. The topological polar surface area (TPSA) is 56.8 Å². The number of fused-ring (bicyclic) bond motifs is 1. The van der Waals surface area contributed by atoms with Crippen molar-refractivity contribution in [3.05, 3.63) is 53.1 Å². The van der Waals surface area contributed by atoms with Crippen LogP contribution >= 0.6 is 0 Å². The lowest BCUT2D eigenvalue weighted by molar-refractivity contribution is 0.0933. The Bertz CT molecular complexity index is 757. The molecule has 1 aliphatic rings. The van der Waals surface area contributed by atoms with Crippen molar-refractivity contribution in [1.82, 2.24) is 5.32 Å². The fourth-order valence-corrected chi connectivity index (χ4v) is 3.15. The fraction of sp³-hybridized carbons (Fsp3) is 0.316. The summed E-state index contributed by atoms with van der Waals surface area (Å²) in [5.74, 6) is 1.29. The molecular formula is C19H21NO4. The molecule has 0 unspecified atom stereocenters. The van der Waals surface area contributed by atoms with Crippen LogP contribution in [0.4, 0.5) is 0 Å². The van der Waals surface area contributed by atoms with Gasteiger partial charge < -0.3 is 19.5 Å². The Balaban J connectivity index is 1.88. The van der Waals surface area contributed by atoms with Crippen LogP contribution in [0.3, 0.4) is 0 Å². The van der Waals surface area contributed by atoms with Crippen LogP contribution in [0.15, 0.2) is 36.4 Å². The zero-order chi connectivity index (χ0) is 17.1. The molecule has 0 bridgehead atoms. The van der Waals surface area contributed by atoms with Gasteiger partial charge in [-0.15, -0.1) is 0 Å². The van der Waals surface area contributed by atoms with Crippen molar-refractivity contribution in [3.63, 3.8) is 0 Å². The molecule has 126 valence electrons. The molecule has 2 aromatic rings. The molecule has 1 atom stereocenters. The smallest absolute Gasteiger partial charge is 0.255 e. The molecule has 1 amide bonds. The molecule has 5 heteroatoms. The van der Waals surface area contributed by atoms with E-state index < -0.39 is 0 Å². The zero-order valence-corrected chi connectivity index (χ0v) is 14.1. The van der Waals surface area contributed by atoms with Crippen LogP contribution < -0.4 is 19.5 Å². The van der Waals surface area contributed by atoms with Crippen LogP contribution in [0, 0.1) is 0 Å². The standard InChI is InChI=1S/C19H21NO4/c1-22-16-11-18(24-3)17(23-2)10-14(16)19(21)20-15-9-8-12-6-4-5-7-13(12)15/h4-7,10-11,15H,8-9H2,1-3H3,(H,20,21)/t15-/m1/s1. The summed E-state index contributed by atoms with van der Waals surface area (Å²) in [6.45, 7) is 0. The number of aryl methyl sites for hydroxylation is 1. The Morgan fingerprint density at radius 1 is 1.00 bits per heavy atom. The van der Waals surface area contributed by atoms with E-state index in [2.05, 4.69) is 17.4 Å². The number of benzene rings is 2. The van der Waals surface area contributed by atoms with Gasteiger partial charge in [-0.05, 0) is 24.0 Å². The van der Waals surface area contributed by atoms with Gasteiger partial charge in [-0.3, -0.25) is 4.79 Å². The lowest BCUT2D eigenvalue weighted by Crippen LogP contribution is -2.27. The van der Waals surface area contributed by atoms with E-state index in [4.69, 9.17) is 14.2 Å². The number of rotatable bonds is 5. The molecule has 0 saturated heterocycles. The largest absolute Gasteiger partial charge is 0.496 e. The van der Waals surface area contributed by atoms with E-state index in [1.165, 1.54) is 18.2 Å². The van der Waals surface area contributed by atoms with Gasteiger partial charge in [-0.25, -0.2) is 0 Å². The average Bonchev–Trinajstić information content (AvgIpc) is 3.03. The molecule has 0 fully saturated rings. The van der Waals surface area contributed by atoms with Gasteiger partial charge in [0.1, 0.15) is 5.75 Å². The van der Waals surface area contributed by atoms with Crippen LogP contribution in [0.5, 0.6) is 17.2 Å². The van der Waals surface area contributed by atoms with E-state index in [1.54, 1.807) is 26.4 Å². The van der Waals surface area contributed by atoms with Gasteiger partial charge in [0.25, 0.3) is 5.91 Å². The fourth-order valence-electron chi connectivity index (χ4n) is 3.15. The van der Waals surface area contributed by atoms with Crippen molar-refractivity contribution in [3.8, 4) is 17.2 Å². The number of ether oxygens (including phenoxy) is 3. The van der Waals surface area contributed by atoms with Crippen molar-refractivity contribution in [1.29, 1.82) is 0 Å². The number of carbonyl (C=O) groups is 1. The van der Waals surface area contributed by atoms with Crippen LogP contribution in [-0.2, 0) is 6.42 Å². The SMILES string of the molecule is COc1cc(OC)c(C(=O)N[C@@H]2CCc3ccccc32)cc1OC. The van der Waals surface area contributed by atoms with Gasteiger partial charge in [0.2, 0.25) is 0 Å². The van der Waals surface area contributed by atoms with Crippen LogP contribution in [0.1, 0.15) is 33.9 Å². The molecule has 0 radical (unpaired) electrons. The first kappa shape index (κ1) is 16.2. The van der Waals surface area contributed by atoms with Crippen molar-refractivity contribution in [2.24, 2.45) is 0 Å². The second-order valence-corrected chi connectivity index (χ2v) is 5.67. The highest BCUT2D eigenvalue weighted by molar-refractivity contribution is 5.98. The summed E-state index contributed by atoms with van der Waals surface area (Å²) >= 11 is 0. The van der Waals surface area contributed by atoms with Crippen LogP contribution in [0.2, 0.25) is 0 Å². The second kappa shape index (κ2) is 6.83. The van der Waals surface area contributed by atoms with E-state index in [9.17, 15) is 4.79 Å². The van der Waals surface area contributed by atoms with E-state index in [-0.39, 0.29) is 11.9 Å². The van der Waals surface area contributed by atoms with Gasteiger partial charge in [-0.1, -0.05) is 24.3 Å². The van der Waals surface area contributed by atoms with Gasteiger partial charge in [0, 0.05) is 12.1 Å². The summed E-state index contributed by atoms with van der Waals surface area (Å²) in [6, 6.07) is 11.5. The molecule has 0 saturated carbocycles. The van der Waals surface area contributed by atoms with E-state index in [0.29, 0.717) is 22.8 Å². The predicted molar refractivity (Wildman–Crippen MR) is 91.1 cm³/mol. The van der Waals surface area contributed by atoms with Crippen molar-refractivity contribution >= 4 is 5.91 Å². The Hall–Kier alpha value is -2.69. The first-order valence-electron chi connectivity index (χ1n) is 7.86. The first-order valence-corrected chi connectivity index (χ1v) is 7.86. The maximum Gasteiger partial charge on any atom is 0.255 e. The number of nitrogens with one attached hydrogen (secondary N) is 1. The van der Waals surface area contributed by atoms with Crippen LogP contribution in [0.25, 0.3) is 0 Å². The highest BCUT2D eigenvalue weighted by atomic mass is 16.5. The molecule has 0 aromatic heterocycles. The molecule has 2 aromatic carbocycles. The van der Waals surface area contributed by atoms with Crippen LogP contribution in [-0.4, -0.2) is 27.2 Å². The molecule has 0 heterocycles. The first-order chi connectivity index (χ1) is 11.7. The van der Waals surface area contributed by atoms with Gasteiger partial charge in [0.05, 0.1) is 32.9 Å². The van der Waals surface area contributed by atoms with Crippen molar-refractivity contribution in [2.45, 2.75) is 18.9 Å². The molecule has 0 spiro atoms. The third-order valence-corrected chi connectivity index (χ3v) is 4.39. The van der Waals surface area contributed by atoms with Gasteiger partial charge >= 0.3 is 0 Å². The number of carbonyl (C=O) groups excluding carboxylic acids is 1. The molecular weight excluding hydrogens is 306 g/mol. The summed E-state index contributed by atoms with van der Waals surface area (Å²) < 4.78 is 15.9. The Kier molecular flexibility index (Phi) is 4.60. The lowest BCUT2D eigenvalue weighted by atomic mass is 10.1. The molecule has 1 N–H and O–H groups in total. The molecule has 24 heavy (non-hydrogen) atoms. The summed E-state index contributed by atoms with van der Waals surface area (Å²) in [5, 5.41) is 3.10. The maximum absolute atomic E-state index is 12.8. The minimum absolute atomic E-state index is 0.0199. The van der Waals surface area contributed by atoms with Crippen molar-refractivity contribution < 1.29 is 19.0 Å². The third-order valence-electron chi connectivity index (χ3n) is 4.39. The zero-order valence-electron chi connectivity index (χ0n) is 14.1. The maximum atomic E-state index is 12.8. The highest BCUT2D eigenvalue weighted by Crippen LogP contribution is 2.36. The second-order valence-electron chi connectivity index (χ2n) is 5.67.